The van der Waals surface area contributed by atoms with Gasteiger partial charge in [-0.2, -0.15) is 0 Å². The lowest BCUT2D eigenvalue weighted by molar-refractivity contribution is 0.0697. The highest BCUT2D eigenvalue weighted by atomic mass is 16.4. The summed E-state index contributed by atoms with van der Waals surface area (Å²) in [5, 5.41) is 9.94. The van der Waals surface area contributed by atoms with E-state index in [0.717, 1.165) is 106 Å². The number of carbonyl (C=O) groups is 1. The van der Waals surface area contributed by atoms with E-state index in [1.807, 2.05) is 36.4 Å². The minimum absolute atomic E-state index is 0.208. The zero-order valence-corrected chi connectivity index (χ0v) is 33.9. The maximum absolute atomic E-state index is 12.1. The van der Waals surface area contributed by atoms with Crippen LogP contribution in [0.25, 0.3) is 79.8 Å². The summed E-state index contributed by atoms with van der Waals surface area (Å²) in [5.41, 5.74) is 19.2. The van der Waals surface area contributed by atoms with Crippen molar-refractivity contribution in [2.24, 2.45) is 0 Å². The number of nitrogens with zero attached hydrogens (tertiary/aromatic N) is 3. The predicted octanol–water partition coefficient (Wildman–Crippen LogP) is 13.7. The molecule has 294 valence electrons. The van der Waals surface area contributed by atoms with E-state index in [4.69, 9.17) is 9.97 Å². The van der Waals surface area contributed by atoms with Crippen LogP contribution >= 0.6 is 0 Å². The number of para-hydroxylation sites is 2. The molecule has 2 aliphatic rings. The van der Waals surface area contributed by atoms with Gasteiger partial charge in [0.25, 0.3) is 0 Å². The minimum Gasteiger partial charge on any atom is -0.478 e. The van der Waals surface area contributed by atoms with Crippen molar-refractivity contribution >= 4 is 69.4 Å². The summed E-state index contributed by atoms with van der Waals surface area (Å²) in [5.74, 6) is -0.984. The largest absolute Gasteiger partial charge is 0.478 e. The second kappa shape index (κ2) is 15.3. The second-order valence-electron chi connectivity index (χ2n) is 15.6. The number of rotatable bonds is 7. The lowest BCUT2D eigenvalue weighted by atomic mass is 9.92. The van der Waals surface area contributed by atoms with Crippen LogP contribution in [-0.2, 0) is 0 Å². The highest BCUT2D eigenvalue weighted by molar-refractivity contribution is 5.99. The maximum Gasteiger partial charge on any atom is 0.335 e. The standard InChI is InChI=1S/C54H41N5O2/c1-33-29-34(2)50(35(3)30-33)53-48-27-25-46(57-48)51(36-17-21-43(22-18-36)59(41-13-6-4-7-14-41)42-15-8-5-9-16-42)44-23-19-39(55-44)32-40-20-24-45(56-40)52(47-26-28-49(53)58-47)37-11-10-12-38(31-37)54(60)61/h4-32,55,58H,1-3H3,(H,60,61). The van der Waals surface area contributed by atoms with Gasteiger partial charge >= 0.3 is 5.97 Å². The fraction of sp³-hybridized carbons (Fsp3) is 0.0556. The molecular weight excluding hydrogens is 751 g/mol. The smallest absolute Gasteiger partial charge is 0.335 e. The molecule has 0 atom stereocenters. The van der Waals surface area contributed by atoms with Gasteiger partial charge < -0.3 is 20.0 Å². The van der Waals surface area contributed by atoms with E-state index in [0.29, 0.717) is 0 Å². The fourth-order valence-corrected chi connectivity index (χ4v) is 8.77. The molecule has 0 fully saturated rings. The second-order valence-corrected chi connectivity index (χ2v) is 15.6. The number of H-pyrrole nitrogens is 2. The molecule has 0 unspecified atom stereocenters. The molecule has 10 rings (SSSR count). The van der Waals surface area contributed by atoms with Crippen LogP contribution in [0.15, 0.2) is 152 Å². The zero-order chi connectivity index (χ0) is 41.6. The quantitative estimate of drug-likeness (QED) is 0.149. The van der Waals surface area contributed by atoms with Crippen molar-refractivity contribution in [3.05, 3.63) is 197 Å². The highest BCUT2D eigenvalue weighted by Crippen LogP contribution is 2.40. The van der Waals surface area contributed by atoms with E-state index < -0.39 is 5.97 Å². The molecule has 0 amide bonds. The van der Waals surface area contributed by atoms with Crippen LogP contribution in [0.2, 0.25) is 0 Å². The first-order chi connectivity index (χ1) is 29.8. The molecule has 7 nitrogen and oxygen atoms in total. The van der Waals surface area contributed by atoms with Crippen LogP contribution in [0.5, 0.6) is 0 Å². The molecule has 0 radical (unpaired) electrons. The molecule has 0 saturated carbocycles. The lowest BCUT2D eigenvalue weighted by Crippen LogP contribution is -2.09. The fourth-order valence-electron chi connectivity index (χ4n) is 8.77. The number of carboxylic acids is 1. The van der Waals surface area contributed by atoms with Crippen LogP contribution in [0.3, 0.4) is 0 Å². The number of nitrogens with one attached hydrogen (secondary N) is 2. The number of hydrogen-bond donors (Lipinski definition) is 3. The van der Waals surface area contributed by atoms with Crippen molar-refractivity contribution in [3.8, 4) is 33.4 Å². The van der Waals surface area contributed by atoms with E-state index in [9.17, 15) is 9.90 Å². The number of aryl methyl sites for hydroxylation is 3. The third kappa shape index (κ3) is 7.02. The number of aromatic nitrogens is 4. The van der Waals surface area contributed by atoms with E-state index in [1.165, 1.54) is 5.56 Å². The van der Waals surface area contributed by atoms with Gasteiger partial charge in [-0.15, -0.1) is 0 Å². The van der Waals surface area contributed by atoms with E-state index in [-0.39, 0.29) is 5.56 Å². The number of benzene rings is 5. The Balaban J connectivity index is 1.25. The number of anilines is 3. The van der Waals surface area contributed by atoms with Crippen LogP contribution in [0, 0.1) is 20.8 Å². The number of aromatic amines is 2. The zero-order valence-electron chi connectivity index (χ0n) is 33.9. The monoisotopic (exact) mass is 791 g/mol. The van der Waals surface area contributed by atoms with Crippen molar-refractivity contribution in [1.29, 1.82) is 0 Å². The number of hydrogen-bond acceptors (Lipinski definition) is 4. The van der Waals surface area contributed by atoms with Gasteiger partial charge in [-0.25, -0.2) is 14.8 Å². The summed E-state index contributed by atoms with van der Waals surface area (Å²) >= 11 is 0. The first-order valence-electron chi connectivity index (χ1n) is 20.3. The molecule has 8 aromatic rings. The summed E-state index contributed by atoms with van der Waals surface area (Å²) in [6.07, 6.45) is 8.22. The van der Waals surface area contributed by atoms with Crippen molar-refractivity contribution in [2.75, 3.05) is 4.90 Å². The molecule has 7 heteroatoms. The van der Waals surface area contributed by atoms with Gasteiger partial charge in [-0.1, -0.05) is 78.4 Å². The maximum atomic E-state index is 12.1. The SMILES string of the molecule is Cc1cc(C)c(-c2c3nc(c(-c4ccc(N(c5ccccc5)c5ccccc5)cc4)c4ccc(cc5nc(c(-c6cccc(C(=O)O)c6)c6ccc2[nH]6)C=C5)[nH]4)C=C3)c(C)c1. The Bertz CT molecular complexity index is 3190. The highest BCUT2D eigenvalue weighted by Gasteiger charge is 2.20. The van der Waals surface area contributed by atoms with Gasteiger partial charge in [0.1, 0.15) is 0 Å². The molecule has 0 aliphatic carbocycles. The van der Waals surface area contributed by atoms with Gasteiger partial charge in [0.05, 0.1) is 28.3 Å². The van der Waals surface area contributed by atoms with Crippen LogP contribution in [0.1, 0.15) is 49.8 Å². The molecule has 3 aromatic heterocycles. The predicted molar refractivity (Wildman–Crippen MR) is 251 cm³/mol. The minimum atomic E-state index is -0.984. The van der Waals surface area contributed by atoms with Gasteiger partial charge in [0, 0.05) is 55.8 Å². The normalized spacial score (nSPS) is 11.9. The first-order valence-corrected chi connectivity index (χ1v) is 20.3. The van der Waals surface area contributed by atoms with Gasteiger partial charge in [0.2, 0.25) is 0 Å². The summed E-state index contributed by atoms with van der Waals surface area (Å²) in [6, 6.07) is 51.4. The van der Waals surface area contributed by atoms with Crippen molar-refractivity contribution in [3.63, 3.8) is 0 Å². The molecule has 2 aliphatic heterocycles. The molecule has 8 bridgehead atoms. The number of aromatic carboxylic acids is 1. The lowest BCUT2D eigenvalue weighted by Gasteiger charge is -2.25. The van der Waals surface area contributed by atoms with Gasteiger partial charge in [0.15, 0.2) is 0 Å². The third-order valence-corrected chi connectivity index (χ3v) is 11.3. The van der Waals surface area contributed by atoms with Crippen molar-refractivity contribution in [2.45, 2.75) is 20.8 Å². The van der Waals surface area contributed by atoms with Crippen LogP contribution < -0.4 is 4.90 Å². The first kappa shape index (κ1) is 37.3. The van der Waals surface area contributed by atoms with Crippen molar-refractivity contribution < 1.29 is 9.90 Å². The Kier molecular flexibility index (Phi) is 9.34. The summed E-state index contributed by atoms with van der Waals surface area (Å²) < 4.78 is 0. The Morgan fingerprint density at radius 2 is 1.05 bits per heavy atom. The Morgan fingerprint density at radius 1 is 0.492 bits per heavy atom. The Hall–Kier alpha value is -8.03. The van der Waals surface area contributed by atoms with E-state index >= 15 is 0 Å². The summed E-state index contributed by atoms with van der Waals surface area (Å²) in [6.45, 7) is 6.44. The Morgan fingerprint density at radius 3 is 1.72 bits per heavy atom. The van der Waals surface area contributed by atoms with Gasteiger partial charge in [-0.05, 0) is 152 Å². The summed E-state index contributed by atoms with van der Waals surface area (Å²) in [7, 11) is 0. The topological polar surface area (TPSA) is 97.9 Å². The molecule has 0 saturated heterocycles. The Labute approximate surface area is 353 Å². The van der Waals surface area contributed by atoms with Crippen molar-refractivity contribution in [1.82, 2.24) is 19.9 Å². The molecule has 61 heavy (non-hydrogen) atoms. The van der Waals surface area contributed by atoms with Crippen LogP contribution in [0.4, 0.5) is 17.1 Å². The average molecular weight is 792 g/mol. The van der Waals surface area contributed by atoms with E-state index in [1.54, 1.807) is 18.2 Å². The number of carboxylic acid groups (broad SMARTS) is 1. The molecule has 5 heterocycles. The molecule has 5 aromatic carbocycles. The molecule has 0 spiro atoms. The van der Waals surface area contributed by atoms with E-state index in [2.05, 4.69) is 157 Å². The third-order valence-electron chi connectivity index (χ3n) is 11.3. The summed E-state index contributed by atoms with van der Waals surface area (Å²) in [4.78, 5) is 32.5. The molecule has 3 N–H and O–H groups in total. The number of fused-ring (bicyclic) bond motifs is 8. The average Bonchev–Trinajstić information content (AvgIpc) is 4.11. The molecular formula is C54H41N5O2. The van der Waals surface area contributed by atoms with Gasteiger partial charge in [-0.3, -0.25) is 0 Å². The van der Waals surface area contributed by atoms with Crippen LogP contribution in [-0.4, -0.2) is 31.0 Å².